The highest BCUT2D eigenvalue weighted by Gasteiger charge is 2.18. The van der Waals surface area contributed by atoms with Crippen LogP contribution in [0.5, 0.6) is 0 Å². The number of benzene rings is 1. The van der Waals surface area contributed by atoms with E-state index in [-0.39, 0.29) is 5.91 Å². The largest absolute Gasteiger partial charge is 0.379 e. The summed E-state index contributed by atoms with van der Waals surface area (Å²) in [4.78, 5) is 18.8. The number of morpholine rings is 1. The number of carbonyl (C=O) groups excluding carboxylic acids is 1. The van der Waals surface area contributed by atoms with E-state index in [1.807, 2.05) is 19.1 Å². The van der Waals surface area contributed by atoms with Crippen molar-refractivity contribution in [1.82, 2.24) is 14.5 Å². The molecule has 0 unspecified atom stereocenters. The lowest BCUT2D eigenvalue weighted by Crippen LogP contribution is -2.36. The van der Waals surface area contributed by atoms with E-state index in [1.54, 1.807) is 0 Å². The molecule has 0 spiro atoms. The van der Waals surface area contributed by atoms with Crippen molar-refractivity contribution in [1.29, 1.82) is 0 Å². The first kappa shape index (κ1) is 16.9. The third-order valence-corrected chi connectivity index (χ3v) is 4.35. The molecule has 1 N–H and O–H groups in total. The second-order valence-corrected chi connectivity index (χ2v) is 6.49. The molecule has 1 aliphatic heterocycles. The van der Waals surface area contributed by atoms with Gasteiger partial charge in [-0.25, -0.2) is 4.98 Å². The molecule has 0 radical (unpaired) electrons. The van der Waals surface area contributed by atoms with Crippen LogP contribution in [0, 0.1) is 0 Å². The highest BCUT2D eigenvalue weighted by molar-refractivity contribution is 5.93. The number of hydrogen-bond donors (Lipinski definition) is 1. The van der Waals surface area contributed by atoms with Gasteiger partial charge in [0.1, 0.15) is 5.82 Å². The van der Waals surface area contributed by atoms with Gasteiger partial charge in [-0.2, -0.15) is 0 Å². The molecule has 0 atom stereocenters. The molecule has 6 heteroatoms. The van der Waals surface area contributed by atoms with E-state index in [1.165, 1.54) is 0 Å². The predicted octanol–water partition coefficient (Wildman–Crippen LogP) is 2.80. The van der Waals surface area contributed by atoms with Crippen LogP contribution in [0.2, 0.25) is 0 Å². The summed E-state index contributed by atoms with van der Waals surface area (Å²) in [6.45, 7) is 10.5. The summed E-state index contributed by atoms with van der Waals surface area (Å²) in [5, 5.41) is 2.91. The molecule has 0 bridgehead atoms. The zero-order chi connectivity index (χ0) is 17.1. The molecule has 1 aromatic carbocycles. The fourth-order valence-corrected chi connectivity index (χ4v) is 3.12. The van der Waals surface area contributed by atoms with E-state index in [4.69, 9.17) is 9.72 Å². The first-order chi connectivity index (χ1) is 11.6. The fraction of sp³-hybridized carbons (Fsp3) is 0.556. The van der Waals surface area contributed by atoms with Gasteiger partial charge in [-0.1, -0.05) is 6.92 Å². The van der Waals surface area contributed by atoms with Gasteiger partial charge in [0, 0.05) is 31.2 Å². The first-order valence-corrected chi connectivity index (χ1v) is 8.69. The lowest BCUT2D eigenvalue weighted by atomic mass is 10.2. The molecule has 0 aliphatic carbocycles. The van der Waals surface area contributed by atoms with Gasteiger partial charge >= 0.3 is 0 Å². The van der Waals surface area contributed by atoms with Crippen molar-refractivity contribution < 1.29 is 9.53 Å². The van der Waals surface area contributed by atoms with Crippen LogP contribution in [0.4, 0.5) is 5.69 Å². The topological polar surface area (TPSA) is 59.4 Å². The number of fused-ring (bicyclic) bond motifs is 1. The number of nitrogens with zero attached hydrogens (tertiary/aromatic N) is 3. The lowest BCUT2D eigenvalue weighted by Gasteiger charge is -2.27. The normalized spacial score (nSPS) is 16.0. The van der Waals surface area contributed by atoms with Crippen molar-refractivity contribution in [3.05, 3.63) is 24.0 Å². The molecule has 2 heterocycles. The molecular weight excluding hydrogens is 304 g/mol. The lowest BCUT2D eigenvalue weighted by molar-refractivity contribution is -0.115. The monoisotopic (exact) mass is 330 g/mol. The average Bonchev–Trinajstić information content (AvgIpc) is 2.92. The number of hydrogen-bond acceptors (Lipinski definition) is 4. The number of nitrogens with one attached hydrogen (secondary N) is 1. The average molecular weight is 330 g/mol. The SMILES string of the molecule is CCC(=O)Nc1ccc2c(c1)nc(CN1CCOCC1)n2C(C)C. The molecule has 0 saturated carbocycles. The Morgan fingerprint density at radius 3 is 2.75 bits per heavy atom. The Labute approximate surface area is 142 Å². The summed E-state index contributed by atoms with van der Waals surface area (Å²) >= 11 is 0. The molecule has 1 aromatic heterocycles. The van der Waals surface area contributed by atoms with Crippen LogP contribution >= 0.6 is 0 Å². The summed E-state index contributed by atoms with van der Waals surface area (Å²) in [5.41, 5.74) is 2.85. The Bertz CT molecular complexity index is 717. The Morgan fingerprint density at radius 1 is 1.33 bits per heavy atom. The fourth-order valence-electron chi connectivity index (χ4n) is 3.12. The Hall–Kier alpha value is -1.92. The number of amides is 1. The van der Waals surface area contributed by atoms with Crippen LogP contribution in [-0.4, -0.2) is 46.7 Å². The molecule has 130 valence electrons. The van der Waals surface area contributed by atoms with Crippen LogP contribution in [0.3, 0.4) is 0 Å². The van der Waals surface area contributed by atoms with Gasteiger partial charge in [0.25, 0.3) is 0 Å². The number of aromatic nitrogens is 2. The van der Waals surface area contributed by atoms with Crippen molar-refractivity contribution >= 4 is 22.6 Å². The van der Waals surface area contributed by atoms with Gasteiger partial charge in [0.05, 0.1) is 30.8 Å². The second-order valence-electron chi connectivity index (χ2n) is 6.49. The number of anilines is 1. The van der Waals surface area contributed by atoms with Gasteiger partial charge in [-0.3, -0.25) is 9.69 Å². The molecule has 1 aliphatic rings. The van der Waals surface area contributed by atoms with Gasteiger partial charge in [-0.15, -0.1) is 0 Å². The highest BCUT2D eigenvalue weighted by Crippen LogP contribution is 2.25. The zero-order valence-corrected chi connectivity index (χ0v) is 14.7. The van der Waals surface area contributed by atoms with Crippen LogP contribution < -0.4 is 5.32 Å². The van der Waals surface area contributed by atoms with Gasteiger partial charge in [-0.05, 0) is 32.0 Å². The molecule has 1 saturated heterocycles. The van der Waals surface area contributed by atoms with Crippen molar-refractivity contribution in [2.24, 2.45) is 0 Å². The third kappa shape index (κ3) is 3.60. The van der Waals surface area contributed by atoms with Crippen molar-refractivity contribution in [2.45, 2.75) is 39.8 Å². The second kappa shape index (κ2) is 7.32. The maximum absolute atomic E-state index is 11.6. The summed E-state index contributed by atoms with van der Waals surface area (Å²) in [5.74, 6) is 1.09. The number of carbonyl (C=O) groups is 1. The minimum Gasteiger partial charge on any atom is -0.379 e. The molecule has 1 amide bonds. The quantitative estimate of drug-likeness (QED) is 0.916. The minimum atomic E-state index is 0.0196. The van der Waals surface area contributed by atoms with E-state index in [9.17, 15) is 4.79 Å². The van der Waals surface area contributed by atoms with Crippen LogP contribution in [0.25, 0.3) is 11.0 Å². The maximum atomic E-state index is 11.6. The number of ether oxygens (including phenoxy) is 1. The van der Waals surface area contributed by atoms with E-state index in [0.717, 1.165) is 55.4 Å². The minimum absolute atomic E-state index is 0.0196. The van der Waals surface area contributed by atoms with E-state index in [0.29, 0.717) is 12.5 Å². The van der Waals surface area contributed by atoms with Crippen molar-refractivity contribution in [3.63, 3.8) is 0 Å². The van der Waals surface area contributed by atoms with E-state index < -0.39 is 0 Å². The van der Waals surface area contributed by atoms with Gasteiger partial charge in [0.2, 0.25) is 5.91 Å². The Morgan fingerprint density at radius 2 is 2.08 bits per heavy atom. The molecule has 24 heavy (non-hydrogen) atoms. The van der Waals surface area contributed by atoms with Crippen LogP contribution in [-0.2, 0) is 16.1 Å². The smallest absolute Gasteiger partial charge is 0.224 e. The molecule has 1 fully saturated rings. The van der Waals surface area contributed by atoms with E-state index in [2.05, 4.69) is 34.7 Å². The molecular formula is C18H26N4O2. The van der Waals surface area contributed by atoms with Crippen molar-refractivity contribution in [2.75, 3.05) is 31.6 Å². The number of rotatable bonds is 5. The standard InChI is InChI=1S/C18H26N4O2/c1-4-18(23)19-14-5-6-16-15(11-14)20-17(22(16)13(2)3)12-21-7-9-24-10-8-21/h5-6,11,13H,4,7-10,12H2,1-3H3,(H,19,23). The molecule has 6 nitrogen and oxygen atoms in total. The number of imidazole rings is 1. The van der Waals surface area contributed by atoms with Crippen LogP contribution in [0.1, 0.15) is 39.1 Å². The zero-order valence-electron chi connectivity index (χ0n) is 14.7. The summed E-state index contributed by atoms with van der Waals surface area (Å²) < 4.78 is 7.72. The van der Waals surface area contributed by atoms with Crippen molar-refractivity contribution in [3.8, 4) is 0 Å². The molecule has 2 aromatic rings. The summed E-state index contributed by atoms with van der Waals surface area (Å²) in [6, 6.07) is 6.30. The third-order valence-electron chi connectivity index (χ3n) is 4.35. The van der Waals surface area contributed by atoms with Crippen LogP contribution in [0.15, 0.2) is 18.2 Å². The Kier molecular flexibility index (Phi) is 5.16. The molecule has 3 rings (SSSR count). The van der Waals surface area contributed by atoms with E-state index >= 15 is 0 Å². The summed E-state index contributed by atoms with van der Waals surface area (Å²) in [7, 11) is 0. The predicted molar refractivity (Wildman–Crippen MR) is 95.1 cm³/mol. The highest BCUT2D eigenvalue weighted by atomic mass is 16.5. The van der Waals surface area contributed by atoms with Gasteiger partial charge in [0.15, 0.2) is 0 Å². The Balaban J connectivity index is 1.92. The summed E-state index contributed by atoms with van der Waals surface area (Å²) in [6.07, 6.45) is 0.473. The van der Waals surface area contributed by atoms with Gasteiger partial charge < -0.3 is 14.6 Å². The first-order valence-electron chi connectivity index (χ1n) is 8.69. The maximum Gasteiger partial charge on any atom is 0.224 e.